The minimum Gasteiger partial charge on any atom is -0.490 e. The van der Waals surface area contributed by atoms with Crippen LogP contribution in [0.15, 0.2) is 70.2 Å². The first kappa shape index (κ1) is 23.3. The normalized spacial score (nSPS) is 10.8. The van der Waals surface area contributed by atoms with Crippen molar-refractivity contribution >= 4 is 50.6 Å². The van der Waals surface area contributed by atoms with E-state index < -0.39 is 0 Å². The van der Waals surface area contributed by atoms with E-state index in [-0.39, 0.29) is 5.91 Å². The Labute approximate surface area is 204 Å². The van der Waals surface area contributed by atoms with Crippen LogP contribution in [0, 0.1) is 10.5 Å². The van der Waals surface area contributed by atoms with Crippen molar-refractivity contribution in [2.75, 3.05) is 6.61 Å². The highest BCUT2D eigenvalue weighted by molar-refractivity contribution is 14.1. The van der Waals surface area contributed by atoms with Gasteiger partial charge in [-0.25, -0.2) is 5.43 Å². The van der Waals surface area contributed by atoms with Crippen LogP contribution in [0.25, 0.3) is 0 Å². The summed E-state index contributed by atoms with van der Waals surface area (Å²) in [6, 6.07) is 19.2. The average molecular weight is 593 g/mol. The minimum atomic E-state index is -0.254. The van der Waals surface area contributed by atoms with E-state index in [0.29, 0.717) is 30.3 Å². The Bertz CT molecular complexity index is 1080. The maximum Gasteiger partial charge on any atom is 0.271 e. The van der Waals surface area contributed by atoms with Crippen LogP contribution in [0.5, 0.6) is 11.5 Å². The van der Waals surface area contributed by atoms with Crippen molar-refractivity contribution < 1.29 is 14.3 Å². The first-order valence-corrected chi connectivity index (χ1v) is 11.6. The SMILES string of the molecule is CCOc1cc(/C=N\NC(=O)c2ccccc2C)cc(Br)c1OCc1ccc(I)cc1. The lowest BCUT2D eigenvalue weighted by Crippen LogP contribution is -2.18. The number of hydrazone groups is 1. The maximum atomic E-state index is 12.3. The van der Waals surface area contributed by atoms with E-state index in [4.69, 9.17) is 9.47 Å². The molecule has 5 nitrogen and oxygen atoms in total. The second-order valence-corrected chi connectivity index (χ2v) is 8.79. The smallest absolute Gasteiger partial charge is 0.271 e. The molecular weight excluding hydrogens is 571 g/mol. The molecule has 1 amide bonds. The van der Waals surface area contributed by atoms with Gasteiger partial charge in [-0.3, -0.25) is 4.79 Å². The van der Waals surface area contributed by atoms with Crippen LogP contribution in [0.4, 0.5) is 0 Å². The van der Waals surface area contributed by atoms with E-state index in [2.05, 4.69) is 49.0 Å². The average Bonchev–Trinajstić information content (AvgIpc) is 2.75. The van der Waals surface area contributed by atoms with Gasteiger partial charge in [0.1, 0.15) is 6.61 Å². The fourth-order valence-electron chi connectivity index (χ4n) is 2.85. The molecule has 1 N–H and O–H groups in total. The minimum absolute atomic E-state index is 0.254. The molecule has 0 aliphatic carbocycles. The fourth-order valence-corrected chi connectivity index (χ4v) is 3.79. The summed E-state index contributed by atoms with van der Waals surface area (Å²) in [5, 5.41) is 4.09. The Morgan fingerprint density at radius 2 is 1.87 bits per heavy atom. The zero-order chi connectivity index (χ0) is 22.2. The van der Waals surface area contributed by atoms with Gasteiger partial charge in [0.15, 0.2) is 11.5 Å². The molecule has 7 heteroatoms. The molecule has 0 aliphatic heterocycles. The number of nitrogens with one attached hydrogen (secondary N) is 1. The molecule has 0 bridgehead atoms. The fraction of sp³-hybridized carbons (Fsp3) is 0.167. The van der Waals surface area contributed by atoms with Crippen LogP contribution in [0.1, 0.15) is 34.0 Å². The number of benzene rings is 3. The monoisotopic (exact) mass is 592 g/mol. The third kappa shape index (κ3) is 6.54. The molecule has 0 aromatic heterocycles. The number of nitrogens with zero attached hydrogens (tertiary/aromatic N) is 1. The third-order valence-electron chi connectivity index (χ3n) is 4.40. The first-order chi connectivity index (χ1) is 15.0. The summed E-state index contributed by atoms with van der Waals surface area (Å²) in [5.41, 5.74) is 5.89. The Balaban J connectivity index is 1.73. The Hall–Kier alpha value is -2.39. The number of ether oxygens (including phenoxy) is 2. The summed E-state index contributed by atoms with van der Waals surface area (Å²) >= 11 is 5.84. The highest BCUT2D eigenvalue weighted by atomic mass is 127. The lowest BCUT2D eigenvalue weighted by Gasteiger charge is -2.14. The van der Waals surface area contributed by atoms with E-state index in [9.17, 15) is 4.79 Å². The summed E-state index contributed by atoms with van der Waals surface area (Å²) in [4.78, 5) is 12.3. The summed E-state index contributed by atoms with van der Waals surface area (Å²) in [6.07, 6.45) is 1.58. The number of carbonyl (C=O) groups excluding carboxylic acids is 1. The van der Waals surface area contributed by atoms with Crippen LogP contribution >= 0.6 is 38.5 Å². The molecular formula is C24H22BrIN2O3. The highest BCUT2D eigenvalue weighted by Gasteiger charge is 2.13. The molecule has 0 aliphatic rings. The van der Waals surface area contributed by atoms with Gasteiger partial charge in [0.05, 0.1) is 17.3 Å². The predicted octanol–water partition coefficient (Wildman–Crippen LogP) is 6.10. The van der Waals surface area contributed by atoms with Gasteiger partial charge in [0, 0.05) is 9.13 Å². The molecule has 0 spiro atoms. The van der Waals surface area contributed by atoms with E-state index in [1.54, 1.807) is 12.3 Å². The number of halogens is 2. The van der Waals surface area contributed by atoms with Crippen molar-refractivity contribution in [2.24, 2.45) is 5.10 Å². The second kappa shape index (κ2) is 11.3. The highest BCUT2D eigenvalue weighted by Crippen LogP contribution is 2.37. The third-order valence-corrected chi connectivity index (χ3v) is 5.71. The summed E-state index contributed by atoms with van der Waals surface area (Å²) in [6.45, 7) is 4.73. The molecule has 31 heavy (non-hydrogen) atoms. The van der Waals surface area contributed by atoms with Crippen LogP contribution in [-0.4, -0.2) is 18.7 Å². The van der Waals surface area contributed by atoms with Gasteiger partial charge in [-0.05, 0) is 99.4 Å². The van der Waals surface area contributed by atoms with Gasteiger partial charge in [0.25, 0.3) is 5.91 Å². The number of rotatable bonds is 8. The molecule has 0 heterocycles. The van der Waals surface area contributed by atoms with Gasteiger partial charge < -0.3 is 9.47 Å². The predicted molar refractivity (Wildman–Crippen MR) is 135 cm³/mol. The maximum absolute atomic E-state index is 12.3. The zero-order valence-electron chi connectivity index (χ0n) is 17.2. The van der Waals surface area contributed by atoms with Crippen molar-refractivity contribution in [1.29, 1.82) is 0 Å². The molecule has 3 rings (SSSR count). The molecule has 3 aromatic rings. The lowest BCUT2D eigenvalue weighted by atomic mass is 10.1. The van der Waals surface area contributed by atoms with Crippen LogP contribution in [0.2, 0.25) is 0 Å². The van der Waals surface area contributed by atoms with E-state index >= 15 is 0 Å². The van der Waals surface area contributed by atoms with Crippen molar-refractivity contribution in [2.45, 2.75) is 20.5 Å². The number of carbonyl (C=O) groups is 1. The molecule has 0 atom stereocenters. The molecule has 160 valence electrons. The van der Waals surface area contributed by atoms with Crippen molar-refractivity contribution in [3.05, 3.63) is 91.0 Å². The number of aryl methyl sites for hydroxylation is 1. The summed E-state index contributed by atoms with van der Waals surface area (Å²) in [5.74, 6) is 0.978. The zero-order valence-corrected chi connectivity index (χ0v) is 20.9. The number of hydrogen-bond donors (Lipinski definition) is 1. The van der Waals surface area contributed by atoms with E-state index in [1.165, 1.54) is 3.57 Å². The Morgan fingerprint density at radius 1 is 1.13 bits per heavy atom. The van der Waals surface area contributed by atoms with Crippen molar-refractivity contribution in [1.82, 2.24) is 5.43 Å². The molecule has 0 unspecified atom stereocenters. The quantitative estimate of drug-likeness (QED) is 0.195. The van der Waals surface area contributed by atoms with Gasteiger partial charge in [-0.2, -0.15) is 5.10 Å². The Kier molecular flexibility index (Phi) is 8.48. The summed E-state index contributed by atoms with van der Waals surface area (Å²) < 4.78 is 13.7. The summed E-state index contributed by atoms with van der Waals surface area (Å²) in [7, 11) is 0. The van der Waals surface area contributed by atoms with Gasteiger partial charge in [-0.1, -0.05) is 30.3 Å². The molecule has 0 saturated carbocycles. The molecule has 0 radical (unpaired) electrons. The standard InChI is InChI=1S/C24H22BrIN2O3/c1-3-30-22-13-18(14-27-28-24(29)20-7-5-4-6-16(20)2)12-21(25)23(22)31-15-17-8-10-19(26)11-9-17/h4-14H,3,15H2,1-2H3,(H,28,29)/b27-14-. The van der Waals surface area contributed by atoms with Gasteiger partial charge in [0.2, 0.25) is 0 Å². The molecule has 0 saturated heterocycles. The number of hydrogen-bond acceptors (Lipinski definition) is 4. The van der Waals surface area contributed by atoms with Gasteiger partial charge in [-0.15, -0.1) is 0 Å². The molecule has 0 fully saturated rings. The first-order valence-electron chi connectivity index (χ1n) is 9.70. The lowest BCUT2D eigenvalue weighted by molar-refractivity contribution is 0.0954. The van der Waals surface area contributed by atoms with Crippen LogP contribution in [-0.2, 0) is 6.61 Å². The second-order valence-electron chi connectivity index (χ2n) is 6.69. The number of amides is 1. The van der Waals surface area contributed by atoms with E-state index in [0.717, 1.165) is 21.2 Å². The van der Waals surface area contributed by atoms with Gasteiger partial charge >= 0.3 is 0 Å². The molecule has 3 aromatic carbocycles. The van der Waals surface area contributed by atoms with Crippen LogP contribution in [0.3, 0.4) is 0 Å². The van der Waals surface area contributed by atoms with Crippen molar-refractivity contribution in [3.8, 4) is 11.5 Å². The largest absolute Gasteiger partial charge is 0.490 e. The topological polar surface area (TPSA) is 59.9 Å². The van der Waals surface area contributed by atoms with Crippen LogP contribution < -0.4 is 14.9 Å². The van der Waals surface area contributed by atoms with E-state index in [1.807, 2.05) is 68.4 Å². The van der Waals surface area contributed by atoms with Crippen molar-refractivity contribution in [3.63, 3.8) is 0 Å². The Morgan fingerprint density at radius 3 is 2.58 bits per heavy atom.